The van der Waals surface area contributed by atoms with Gasteiger partial charge in [-0.05, 0) is 25.7 Å². The van der Waals surface area contributed by atoms with E-state index in [9.17, 15) is 8.42 Å². The van der Waals surface area contributed by atoms with Gasteiger partial charge in [-0.1, -0.05) is 6.92 Å². The van der Waals surface area contributed by atoms with Crippen LogP contribution in [0, 0.1) is 12.8 Å². The van der Waals surface area contributed by atoms with Crippen molar-refractivity contribution in [2.75, 3.05) is 20.1 Å². The lowest BCUT2D eigenvalue weighted by Gasteiger charge is -2.33. The number of piperidine rings is 1. The number of rotatable bonds is 4. The van der Waals surface area contributed by atoms with Crippen molar-refractivity contribution in [2.24, 2.45) is 5.92 Å². The van der Waals surface area contributed by atoms with Crippen LogP contribution in [0.1, 0.15) is 31.2 Å². The van der Waals surface area contributed by atoms with Crippen molar-refractivity contribution in [1.82, 2.24) is 18.0 Å². The Morgan fingerprint density at radius 2 is 2.27 bits per heavy atom. The minimum atomic E-state index is -3.41. The first-order valence-corrected chi connectivity index (χ1v) is 9.79. The van der Waals surface area contributed by atoms with E-state index in [4.69, 9.17) is 0 Å². The SMILES string of the molecule is Cc1nc2sccn2c1CN(C)S(=O)(=O)N1CCC[C@H](C)C1. The molecule has 0 spiro atoms. The Hall–Kier alpha value is -0.960. The van der Waals surface area contributed by atoms with E-state index in [1.54, 1.807) is 22.7 Å². The zero-order valence-electron chi connectivity index (χ0n) is 13.2. The van der Waals surface area contributed by atoms with Gasteiger partial charge in [-0.2, -0.15) is 17.0 Å². The predicted octanol–water partition coefficient (Wildman–Crippen LogP) is 2.11. The van der Waals surface area contributed by atoms with Crippen LogP contribution in [0.2, 0.25) is 0 Å². The molecule has 0 amide bonds. The summed E-state index contributed by atoms with van der Waals surface area (Å²) >= 11 is 1.56. The Morgan fingerprint density at radius 3 is 3.00 bits per heavy atom. The third kappa shape index (κ3) is 2.80. The van der Waals surface area contributed by atoms with Crippen molar-refractivity contribution in [3.63, 3.8) is 0 Å². The summed E-state index contributed by atoms with van der Waals surface area (Å²) in [5.41, 5.74) is 1.83. The zero-order valence-corrected chi connectivity index (χ0v) is 14.8. The van der Waals surface area contributed by atoms with Gasteiger partial charge in [0.15, 0.2) is 4.96 Å². The van der Waals surface area contributed by atoms with E-state index in [1.807, 2.05) is 22.9 Å². The molecule has 22 heavy (non-hydrogen) atoms. The lowest BCUT2D eigenvalue weighted by Crippen LogP contribution is -2.46. The van der Waals surface area contributed by atoms with Crippen molar-refractivity contribution in [3.8, 4) is 0 Å². The molecule has 0 saturated carbocycles. The molecule has 0 radical (unpaired) electrons. The van der Waals surface area contributed by atoms with Crippen LogP contribution in [0.4, 0.5) is 0 Å². The van der Waals surface area contributed by atoms with Gasteiger partial charge < -0.3 is 0 Å². The molecular weight excluding hydrogens is 320 g/mol. The summed E-state index contributed by atoms with van der Waals surface area (Å²) in [7, 11) is -1.76. The highest BCUT2D eigenvalue weighted by Crippen LogP contribution is 2.23. The van der Waals surface area contributed by atoms with Gasteiger partial charge in [0.2, 0.25) is 0 Å². The molecule has 1 fully saturated rings. The topological polar surface area (TPSA) is 57.9 Å². The maximum absolute atomic E-state index is 12.8. The second-order valence-corrected chi connectivity index (χ2v) is 8.98. The number of imidazole rings is 1. The standard InChI is InChI=1S/C14H22N4O2S2/c1-11-5-4-6-17(9-11)22(19,20)16(3)10-13-12(2)15-14-18(13)7-8-21-14/h7-8,11H,4-6,9-10H2,1-3H3/t11-/m0/s1. The van der Waals surface area contributed by atoms with E-state index in [1.165, 1.54) is 4.31 Å². The maximum atomic E-state index is 12.8. The molecule has 1 saturated heterocycles. The fraction of sp³-hybridized carbons (Fsp3) is 0.643. The van der Waals surface area contributed by atoms with Gasteiger partial charge in [0.25, 0.3) is 10.2 Å². The molecule has 122 valence electrons. The molecular formula is C14H22N4O2S2. The second-order valence-electron chi connectivity index (χ2n) is 6.07. The van der Waals surface area contributed by atoms with Crippen LogP contribution < -0.4 is 0 Å². The quantitative estimate of drug-likeness (QED) is 0.855. The third-order valence-electron chi connectivity index (χ3n) is 4.27. The summed E-state index contributed by atoms with van der Waals surface area (Å²) in [6.07, 6.45) is 3.99. The molecule has 2 aromatic rings. The van der Waals surface area contributed by atoms with E-state index in [-0.39, 0.29) is 0 Å². The Kier molecular flexibility index (Phi) is 4.28. The summed E-state index contributed by atoms with van der Waals surface area (Å²) < 4.78 is 30.6. The fourth-order valence-corrected chi connectivity index (χ4v) is 5.24. The van der Waals surface area contributed by atoms with Crippen LogP contribution in [0.25, 0.3) is 4.96 Å². The van der Waals surface area contributed by atoms with Crippen LogP contribution in [0.15, 0.2) is 11.6 Å². The lowest BCUT2D eigenvalue weighted by molar-refractivity contribution is 0.262. The Morgan fingerprint density at radius 1 is 1.50 bits per heavy atom. The molecule has 1 atom stereocenters. The van der Waals surface area contributed by atoms with Crippen molar-refractivity contribution < 1.29 is 8.42 Å². The normalized spacial score (nSPS) is 21.0. The molecule has 8 heteroatoms. The highest BCUT2D eigenvalue weighted by molar-refractivity contribution is 7.86. The summed E-state index contributed by atoms with van der Waals surface area (Å²) in [6.45, 7) is 5.62. The Bertz CT molecular complexity index is 765. The highest BCUT2D eigenvalue weighted by Gasteiger charge is 2.31. The molecule has 1 aliphatic rings. The maximum Gasteiger partial charge on any atom is 0.282 e. The predicted molar refractivity (Wildman–Crippen MR) is 88.2 cm³/mol. The molecule has 0 aliphatic carbocycles. The number of nitrogens with zero attached hydrogens (tertiary/aromatic N) is 4. The first-order chi connectivity index (χ1) is 10.4. The van der Waals surface area contributed by atoms with E-state index in [2.05, 4.69) is 11.9 Å². The summed E-state index contributed by atoms with van der Waals surface area (Å²) in [6, 6.07) is 0. The van der Waals surface area contributed by atoms with Crippen molar-refractivity contribution >= 4 is 26.5 Å². The van der Waals surface area contributed by atoms with E-state index >= 15 is 0 Å². The average molecular weight is 342 g/mol. The van der Waals surface area contributed by atoms with Crippen LogP contribution in [0.5, 0.6) is 0 Å². The minimum absolute atomic E-state index is 0.344. The minimum Gasteiger partial charge on any atom is -0.293 e. The summed E-state index contributed by atoms with van der Waals surface area (Å²) in [5.74, 6) is 0.428. The molecule has 0 bridgehead atoms. The fourth-order valence-electron chi connectivity index (χ4n) is 2.98. The Balaban J connectivity index is 1.82. The summed E-state index contributed by atoms with van der Waals surface area (Å²) in [4.78, 5) is 5.39. The number of fused-ring (bicyclic) bond motifs is 1. The first-order valence-electron chi connectivity index (χ1n) is 7.52. The van der Waals surface area contributed by atoms with E-state index in [0.717, 1.165) is 29.2 Å². The van der Waals surface area contributed by atoms with Crippen LogP contribution in [-0.2, 0) is 16.8 Å². The van der Waals surface area contributed by atoms with Crippen molar-refractivity contribution in [3.05, 3.63) is 23.0 Å². The van der Waals surface area contributed by atoms with Crippen molar-refractivity contribution in [1.29, 1.82) is 0 Å². The number of thiazole rings is 1. The molecule has 0 unspecified atom stereocenters. The molecule has 0 N–H and O–H groups in total. The Labute approximate surface area is 135 Å². The van der Waals surface area contributed by atoms with E-state index in [0.29, 0.717) is 25.6 Å². The van der Waals surface area contributed by atoms with Crippen LogP contribution >= 0.6 is 11.3 Å². The van der Waals surface area contributed by atoms with Gasteiger partial charge in [0, 0.05) is 31.7 Å². The molecule has 3 heterocycles. The van der Waals surface area contributed by atoms with Crippen LogP contribution in [-0.4, -0.2) is 46.6 Å². The summed E-state index contributed by atoms with van der Waals surface area (Å²) in [5, 5.41) is 1.96. The molecule has 1 aliphatic heterocycles. The molecule has 2 aromatic heterocycles. The monoisotopic (exact) mass is 342 g/mol. The third-order valence-corrected chi connectivity index (χ3v) is 6.93. The molecule has 6 nitrogen and oxygen atoms in total. The van der Waals surface area contributed by atoms with Crippen LogP contribution in [0.3, 0.4) is 0 Å². The van der Waals surface area contributed by atoms with Gasteiger partial charge in [-0.15, -0.1) is 11.3 Å². The van der Waals surface area contributed by atoms with E-state index < -0.39 is 10.2 Å². The average Bonchev–Trinajstić information content (AvgIpc) is 3.02. The van der Waals surface area contributed by atoms with Gasteiger partial charge in [0.1, 0.15) is 0 Å². The zero-order chi connectivity index (χ0) is 15.9. The number of hydrogen-bond acceptors (Lipinski definition) is 4. The highest BCUT2D eigenvalue weighted by atomic mass is 32.2. The second kappa shape index (κ2) is 5.92. The largest absolute Gasteiger partial charge is 0.293 e. The molecule has 3 rings (SSSR count). The lowest BCUT2D eigenvalue weighted by atomic mass is 10.0. The number of hydrogen-bond donors (Lipinski definition) is 0. The van der Waals surface area contributed by atoms with Gasteiger partial charge in [-0.25, -0.2) is 4.98 Å². The number of aromatic nitrogens is 2. The number of aryl methyl sites for hydroxylation is 1. The van der Waals surface area contributed by atoms with Gasteiger partial charge >= 0.3 is 0 Å². The first kappa shape index (κ1) is 15.9. The van der Waals surface area contributed by atoms with Crippen molar-refractivity contribution in [2.45, 2.75) is 33.2 Å². The van der Waals surface area contributed by atoms with Gasteiger partial charge in [0.05, 0.1) is 17.9 Å². The smallest absolute Gasteiger partial charge is 0.282 e. The molecule has 0 aromatic carbocycles. The van der Waals surface area contributed by atoms with Gasteiger partial charge in [-0.3, -0.25) is 4.40 Å².